The molecule has 13 heavy (non-hydrogen) atoms. The Morgan fingerprint density at radius 2 is 1.69 bits per heavy atom. The molecule has 0 bridgehead atoms. The number of hydrogen-bond donors (Lipinski definition) is 2. The normalized spacial score (nSPS) is 14.8. The van der Waals surface area contributed by atoms with Crippen LogP contribution in [0.1, 0.15) is 20.3 Å². The molecule has 0 radical (unpaired) electrons. The van der Waals surface area contributed by atoms with Gasteiger partial charge >= 0.3 is 0 Å². The van der Waals surface area contributed by atoms with Gasteiger partial charge in [0, 0.05) is 8.96 Å². The lowest BCUT2D eigenvalue weighted by molar-refractivity contribution is 1.12. The van der Waals surface area contributed by atoms with Crippen LogP contribution < -0.4 is 11.5 Å². The maximum atomic E-state index is 5.80. The topological polar surface area (TPSA) is 52.0 Å². The Labute approximate surface area is 96.0 Å². The quantitative estimate of drug-likeness (QED) is 0.787. The largest absolute Gasteiger partial charge is 0.396 e. The summed E-state index contributed by atoms with van der Waals surface area (Å²) in [6.07, 6.45) is 0.843. The summed E-state index contributed by atoms with van der Waals surface area (Å²) >= 11 is 6.63. The van der Waals surface area contributed by atoms with Crippen molar-refractivity contribution in [2.24, 2.45) is 11.5 Å². The van der Waals surface area contributed by atoms with Gasteiger partial charge in [-0.1, -0.05) is 29.4 Å². The van der Waals surface area contributed by atoms with E-state index in [1.54, 1.807) is 0 Å². The Morgan fingerprint density at radius 3 is 2.00 bits per heavy atom. The van der Waals surface area contributed by atoms with Crippen molar-refractivity contribution in [3.8, 4) is 0 Å². The highest BCUT2D eigenvalue weighted by Crippen LogP contribution is 2.24. The third-order valence-corrected chi connectivity index (χ3v) is 3.05. The SMILES string of the molecule is C=C(CC)/C(Br)=C(N)\C(N)=C(/C)Br. The van der Waals surface area contributed by atoms with Crippen LogP contribution in [0.4, 0.5) is 0 Å². The highest BCUT2D eigenvalue weighted by Gasteiger charge is 2.06. The Balaban J connectivity index is 5.05. The molecule has 0 atom stereocenters. The molecule has 0 aromatic rings. The summed E-state index contributed by atoms with van der Waals surface area (Å²) in [4.78, 5) is 0. The Hall–Kier alpha value is -0.220. The number of hydrogen-bond acceptors (Lipinski definition) is 2. The Morgan fingerprint density at radius 1 is 1.23 bits per heavy atom. The van der Waals surface area contributed by atoms with Gasteiger partial charge in [0.1, 0.15) is 0 Å². The lowest BCUT2D eigenvalue weighted by Gasteiger charge is -2.08. The maximum Gasteiger partial charge on any atom is 0.0702 e. The zero-order chi connectivity index (χ0) is 10.6. The Kier molecular flexibility index (Phi) is 5.40. The Bertz CT molecular complexity index is 273. The van der Waals surface area contributed by atoms with Crippen LogP contribution in [-0.2, 0) is 0 Å². The van der Waals surface area contributed by atoms with Crippen LogP contribution in [0.3, 0.4) is 0 Å². The minimum Gasteiger partial charge on any atom is -0.396 e. The van der Waals surface area contributed by atoms with Crippen molar-refractivity contribution in [1.29, 1.82) is 0 Å². The summed E-state index contributed by atoms with van der Waals surface area (Å²) in [5.41, 5.74) is 13.5. The van der Waals surface area contributed by atoms with Crippen molar-refractivity contribution in [3.63, 3.8) is 0 Å². The van der Waals surface area contributed by atoms with Gasteiger partial charge in [-0.2, -0.15) is 0 Å². The molecule has 0 unspecified atom stereocenters. The van der Waals surface area contributed by atoms with Crippen LogP contribution in [0.2, 0.25) is 0 Å². The van der Waals surface area contributed by atoms with Gasteiger partial charge in [-0.3, -0.25) is 0 Å². The predicted molar refractivity (Wildman–Crippen MR) is 65.4 cm³/mol. The molecular weight excluding hydrogens is 296 g/mol. The van der Waals surface area contributed by atoms with E-state index >= 15 is 0 Å². The third kappa shape index (κ3) is 3.56. The average Bonchev–Trinajstić information content (AvgIpc) is 2.12. The van der Waals surface area contributed by atoms with Crippen molar-refractivity contribution < 1.29 is 0 Å². The fourth-order valence-corrected chi connectivity index (χ4v) is 1.36. The van der Waals surface area contributed by atoms with Crippen LogP contribution in [0.25, 0.3) is 0 Å². The van der Waals surface area contributed by atoms with E-state index < -0.39 is 0 Å². The van der Waals surface area contributed by atoms with Gasteiger partial charge in [-0.05, 0) is 34.8 Å². The molecule has 0 spiro atoms. The molecule has 0 amide bonds. The second kappa shape index (κ2) is 5.50. The van der Waals surface area contributed by atoms with Crippen molar-refractivity contribution in [2.75, 3.05) is 0 Å². The molecule has 0 aliphatic rings. The van der Waals surface area contributed by atoms with Gasteiger partial charge in [-0.15, -0.1) is 0 Å². The van der Waals surface area contributed by atoms with Crippen molar-refractivity contribution in [2.45, 2.75) is 20.3 Å². The van der Waals surface area contributed by atoms with E-state index in [0.717, 1.165) is 21.0 Å². The molecule has 0 aliphatic carbocycles. The highest BCUT2D eigenvalue weighted by molar-refractivity contribution is 9.12. The second-order valence-electron chi connectivity index (χ2n) is 2.63. The first kappa shape index (κ1) is 12.8. The van der Waals surface area contributed by atoms with Crippen molar-refractivity contribution in [1.82, 2.24) is 0 Å². The van der Waals surface area contributed by atoms with E-state index in [4.69, 9.17) is 11.5 Å². The molecule has 0 rings (SSSR count). The van der Waals surface area contributed by atoms with Crippen LogP contribution in [0, 0.1) is 0 Å². The molecule has 0 fully saturated rings. The molecule has 4 N–H and O–H groups in total. The molecule has 2 nitrogen and oxygen atoms in total. The van der Waals surface area contributed by atoms with Crippen LogP contribution in [0.15, 0.2) is 32.5 Å². The van der Waals surface area contributed by atoms with E-state index in [9.17, 15) is 0 Å². The molecule has 4 heteroatoms. The summed E-state index contributed by atoms with van der Waals surface area (Å²) in [5.74, 6) is 0. The highest BCUT2D eigenvalue weighted by atomic mass is 79.9. The summed E-state index contributed by atoms with van der Waals surface area (Å²) in [6, 6.07) is 0. The van der Waals surface area contributed by atoms with E-state index in [2.05, 4.69) is 38.4 Å². The maximum absolute atomic E-state index is 5.80. The van der Waals surface area contributed by atoms with Crippen LogP contribution >= 0.6 is 31.9 Å². The molecular formula is C9H14Br2N2. The first-order valence-corrected chi connectivity index (χ1v) is 5.46. The van der Waals surface area contributed by atoms with Crippen molar-refractivity contribution in [3.05, 3.63) is 32.5 Å². The molecule has 0 saturated heterocycles. The van der Waals surface area contributed by atoms with Gasteiger partial charge in [0.2, 0.25) is 0 Å². The van der Waals surface area contributed by atoms with Crippen LogP contribution in [-0.4, -0.2) is 0 Å². The van der Waals surface area contributed by atoms with Gasteiger partial charge in [-0.25, -0.2) is 0 Å². The minimum absolute atomic E-state index is 0.529. The van der Waals surface area contributed by atoms with E-state index in [0.29, 0.717) is 11.4 Å². The van der Waals surface area contributed by atoms with E-state index in [1.807, 2.05) is 13.8 Å². The predicted octanol–water partition coefficient (Wildman–Crippen LogP) is 3.10. The summed E-state index contributed by atoms with van der Waals surface area (Å²) in [7, 11) is 0. The summed E-state index contributed by atoms with van der Waals surface area (Å²) in [5, 5.41) is 0. The number of nitrogens with two attached hydrogens (primary N) is 2. The first-order chi connectivity index (χ1) is 5.91. The smallest absolute Gasteiger partial charge is 0.0702 e. The molecule has 0 saturated carbocycles. The number of allylic oxidation sites excluding steroid dienone is 3. The zero-order valence-electron chi connectivity index (χ0n) is 7.82. The minimum atomic E-state index is 0.529. The average molecular weight is 310 g/mol. The van der Waals surface area contributed by atoms with Gasteiger partial charge in [0.05, 0.1) is 11.4 Å². The fourth-order valence-electron chi connectivity index (χ4n) is 0.649. The van der Waals surface area contributed by atoms with Crippen LogP contribution in [0.5, 0.6) is 0 Å². The van der Waals surface area contributed by atoms with Crippen molar-refractivity contribution >= 4 is 31.9 Å². The lowest BCUT2D eigenvalue weighted by Crippen LogP contribution is -2.12. The van der Waals surface area contributed by atoms with Gasteiger partial charge in [0.15, 0.2) is 0 Å². The summed E-state index contributed by atoms with van der Waals surface area (Å²) in [6.45, 7) is 7.71. The number of halogens is 2. The first-order valence-electron chi connectivity index (χ1n) is 3.87. The molecule has 0 aliphatic heterocycles. The third-order valence-electron chi connectivity index (χ3n) is 1.63. The zero-order valence-corrected chi connectivity index (χ0v) is 11.0. The second-order valence-corrected chi connectivity index (χ2v) is 4.61. The van der Waals surface area contributed by atoms with Gasteiger partial charge in [0.25, 0.3) is 0 Å². The molecule has 0 heterocycles. The molecule has 0 aromatic heterocycles. The van der Waals surface area contributed by atoms with E-state index in [1.165, 1.54) is 0 Å². The molecule has 0 aromatic carbocycles. The van der Waals surface area contributed by atoms with Gasteiger partial charge < -0.3 is 11.5 Å². The summed E-state index contributed by atoms with van der Waals surface area (Å²) < 4.78 is 1.61. The number of rotatable bonds is 3. The standard InChI is InChI=1S/C9H14Br2N2/c1-4-5(2)7(11)9(13)8(12)6(3)10/h2,4,12-13H2,1,3H3/b8-6-,9-7-. The lowest BCUT2D eigenvalue weighted by atomic mass is 10.2. The molecule has 74 valence electrons. The fraction of sp³-hybridized carbons (Fsp3) is 0.333. The van der Waals surface area contributed by atoms with E-state index in [-0.39, 0.29) is 0 Å². The monoisotopic (exact) mass is 308 g/mol.